The summed E-state index contributed by atoms with van der Waals surface area (Å²) >= 11 is 0. The molecule has 0 aliphatic heterocycles. The number of pyridine rings is 1. The van der Waals surface area contributed by atoms with Gasteiger partial charge in [0.1, 0.15) is 6.29 Å². The highest BCUT2D eigenvalue weighted by molar-refractivity contribution is 5.87. The molecule has 1 unspecified atom stereocenters. The lowest BCUT2D eigenvalue weighted by molar-refractivity contribution is -0.137. The quantitative estimate of drug-likeness (QED) is 0.0988. The standard InChI is InChI=1S/C20H19N.C17H17N3O.C4H6O3.CH3NO/c1-21-20(17-11-5-2-6-12-17,18-13-7-3-8-14-18)19-15-9-4-10-16-19;1-20-11-13(14-4-2-3-5-16(14)20)10-15(17(18)21)12-6-8-19-9-7-12;5-3-1-2-4(6)7;2-1-3/h2-16,21H,1H3;2-9,11,15H,10H2,1H3,(H2,18,21);3H,1-2H2,(H,6,7);1H,(H2,2,3). The minimum absolute atomic E-state index is 0.0521. The number of amides is 2. The van der Waals surface area contributed by atoms with Crippen LogP contribution in [0.25, 0.3) is 10.9 Å². The third-order valence-corrected chi connectivity index (χ3v) is 8.33. The van der Waals surface area contributed by atoms with E-state index < -0.39 is 5.97 Å². The lowest BCUT2D eigenvalue weighted by Crippen LogP contribution is -2.42. The van der Waals surface area contributed by atoms with Gasteiger partial charge in [-0.05, 0) is 59.5 Å². The third kappa shape index (κ3) is 10.8. The molecule has 6 N–H and O–H groups in total. The minimum Gasteiger partial charge on any atom is -0.481 e. The van der Waals surface area contributed by atoms with E-state index in [0.717, 1.165) is 16.6 Å². The molecule has 0 fully saturated rings. The molecule has 0 aliphatic carbocycles. The highest BCUT2D eigenvalue weighted by Crippen LogP contribution is 2.36. The number of carbonyl (C=O) groups excluding carboxylic acids is 3. The number of aliphatic carboxylic acids is 1. The van der Waals surface area contributed by atoms with Crippen LogP contribution < -0.4 is 16.8 Å². The largest absolute Gasteiger partial charge is 0.481 e. The third-order valence-electron chi connectivity index (χ3n) is 8.33. The summed E-state index contributed by atoms with van der Waals surface area (Å²) in [6, 6.07) is 43.6. The van der Waals surface area contributed by atoms with Gasteiger partial charge in [-0.1, -0.05) is 109 Å². The van der Waals surface area contributed by atoms with Gasteiger partial charge < -0.3 is 31.3 Å². The van der Waals surface area contributed by atoms with Crippen LogP contribution in [0.2, 0.25) is 0 Å². The second kappa shape index (κ2) is 21.0. The molecule has 0 saturated carbocycles. The smallest absolute Gasteiger partial charge is 0.303 e. The van der Waals surface area contributed by atoms with Crippen molar-refractivity contribution in [2.45, 2.75) is 30.7 Å². The molecule has 52 heavy (non-hydrogen) atoms. The van der Waals surface area contributed by atoms with Gasteiger partial charge in [0.15, 0.2) is 0 Å². The van der Waals surface area contributed by atoms with E-state index in [4.69, 9.17) is 15.6 Å². The molecule has 0 spiro atoms. The van der Waals surface area contributed by atoms with Crippen LogP contribution in [-0.4, -0.2) is 46.3 Å². The molecule has 4 aromatic carbocycles. The van der Waals surface area contributed by atoms with Gasteiger partial charge in [0.25, 0.3) is 0 Å². The number of fused-ring (bicyclic) bond motifs is 1. The fourth-order valence-corrected chi connectivity index (χ4v) is 5.97. The first-order valence-corrected chi connectivity index (χ1v) is 16.6. The predicted molar refractivity (Wildman–Crippen MR) is 204 cm³/mol. The van der Waals surface area contributed by atoms with Crippen molar-refractivity contribution in [3.8, 4) is 0 Å². The molecule has 0 bridgehead atoms. The maximum absolute atomic E-state index is 11.8. The van der Waals surface area contributed by atoms with Crippen LogP contribution in [0.15, 0.2) is 146 Å². The van der Waals surface area contributed by atoms with Crippen LogP contribution in [0.5, 0.6) is 0 Å². The molecular formula is C42H45N5O5. The van der Waals surface area contributed by atoms with Gasteiger partial charge in [0.2, 0.25) is 12.3 Å². The molecule has 0 saturated heterocycles. The average Bonchev–Trinajstić information content (AvgIpc) is 3.50. The Morgan fingerprint density at radius 2 is 1.27 bits per heavy atom. The molecule has 0 aliphatic rings. The van der Waals surface area contributed by atoms with Crippen LogP contribution in [0.4, 0.5) is 0 Å². The van der Waals surface area contributed by atoms with Crippen molar-refractivity contribution >= 4 is 35.5 Å². The van der Waals surface area contributed by atoms with Gasteiger partial charge in [0, 0.05) is 43.0 Å². The maximum Gasteiger partial charge on any atom is 0.303 e. The van der Waals surface area contributed by atoms with Crippen LogP contribution in [-0.2, 0) is 38.2 Å². The fourth-order valence-electron chi connectivity index (χ4n) is 5.97. The van der Waals surface area contributed by atoms with E-state index in [0.29, 0.717) is 12.7 Å². The van der Waals surface area contributed by atoms with Crippen molar-refractivity contribution in [2.75, 3.05) is 7.05 Å². The van der Waals surface area contributed by atoms with Crippen molar-refractivity contribution in [3.63, 3.8) is 0 Å². The maximum atomic E-state index is 11.8. The zero-order chi connectivity index (χ0) is 37.8. The number of carboxylic acid groups (broad SMARTS) is 1. The van der Waals surface area contributed by atoms with E-state index in [1.807, 2.05) is 38.4 Å². The number of aryl methyl sites for hydroxylation is 1. The van der Waals surface area contributed by atoms with Crippen molar-refractivity contribution in [2.24, 2.45) is 18.5 Å². The summed E-state index contributed by atoms with van der Waals surface area (Å²) in [5, 5.41) is 12.6. The van der Waals surface area contributed by atoms with Gasteiger partial charge in [0.05, 0.1) is 17.9 Å². The van der Waals surface area contributed by atoms with Gasteiger partial charge in [-0.3, -0.25) is 19.4 Å². The number of benzene rings is 4. The van der Waals surface area contributed by atoms with Gasteiger partial charge in [-0.2, -0.15) is 0 Å². The van der Waals surface area contributed by atoms with E-state index in [-0.39, 0.29) is 36.6 Å². The van der Waals surface area contributed by atoms with E-state index in [1.54, 1.807) is 12.4 Å². The summed E-state index contributed by atoms with van der Waals surface area (Å²) in [5.74, 6) is -1.57. The Kier molecular flexibility index (Phi) is 16.1. The summed E-state index contributed by atoms with van der Waals surface area (Å²) in [5.41, 5.74) is 16.4. The number of aldehydes is 1. The monoisotopic (exact) mass is 699 g/mol. The topological polar surface area (TPSA) is 170 Å². The number of hydrogen-bond donors (Lipinski definition) is 4. The van der Waals surface area contributed by atoms with Crippen LogP contribution >= 0.6 is 0 Å². The van der Waals surface area contributed by atoms with Crippen molar-refractivity contribution in [1.29, 1.82) is 0 Å². The zero-order valence-corrected chi connectivity index (χ0v) is 29.3. The van der Waals surface area contributed by atoms with E-state index >= 15 is 0 Å². The van der Waals surface area contributed by atoms with Crippen LogP contribution in [0.1, 0.15) is 46.6 Å². The number of primary amides is 2. The minimum atomic E-state index is -0.924. The SMILES string of the molecule is CNC(c1ccccc1)(c1ccccc1)c1ccccc1.Cn1cc(CC(C(N)=O)c2ccncc2)c2ccccc21.NC=O.O=CCCC(=O)O. The molecule has 268 valence electrons. The molecule has 10 nitrogen and oxygen atoms in total. The van der Waals surface area contributed by atoms with Crippen molar-refractivity contribution in [1.82, 2.24) is 14.9 Å². The molecule has 1 atom stereocenters. The Hall–Kier alpha value is -6.39. The molecule has 2 aromatic heterocycles. The number of para-hydroxylation sites is 1. The Balaban J connectivity index is 0.000000224. The number of nitrogens with two attached hydrogens (primary N) is 2. The molecule has 10 heteroatoms. The number of carbonyl (C=O) groups is 4. The van der Waals surface area contributed by atoms with Gasteiger partial charge in [-0.15, -0.1) is 0 Å². The highest BCUT2D eigenvalue weighted by Gasteiger charge is 2.34. The second-order valence-corrected chi connectivity index (χ2v) is 11.6. The van der Waals surface area contributed by atoms with Crippen LogP contribution in [0.3, 0.4) is 0 Å². The number of rotatable bonds is 11. The average molecular weight is 700 g/mol. The number of aromatic nitrogens is 2. The Bertz CT molecular complexity index is 1870. The Labute approximate surface area is 304 Å². The zero-order valence-electron chi connectivity index (χ0n) is 29.3. The Morgan fingerprint density at radius 1 is 0.808 bits per heavy atom. The fraction of sp³-hybridized carbons (Fsp3) is 0.167. The molecule has 2 heterocycles. The molecule has 6 rings (SSSR count). The number of hydrogen-bond acceptors (Lipinski definition) is 6. The van der Waals surface area contributed by atoms with E-state index in [2.05, 4.69) is 130 Å². The second-order valence-electron chi connectivity index (χ2n) is 11.6. The van der Waals surface area contributed by atoms with Gasteiger partial charge >= 0.3 is 5.97 Å². The summed E-state index contributed by atoms with van der Waals surface area (Å²) in [6.45, 7) is 0. The summed E-state index contributed by atoms with van der Waals surface area (Å²) < 4.78 is 2.08. The molecule has 2 amide bonds. The normalized spacial score (nSPS) is 10.9. The highest BCUT2D eigenvalue weighted by atomic mass is 16.4. The lowest BCUT2D eigenvalue weighted by atomic mass is 9.77. The Morgan fingerprint density at radius 3 is 1.67 bits per heavy atom. The van der Waals surface area contributed by atoms with E-state index in [1.165, 1.54) is 22.1 Å². The summed E-state index contributed by atoms with van der Waals surface area (Å²) in [4.78, 5) is 43.5. The predicted octanol–water partition coefficient (Wildman–Crippen LogP) is 5.73. The first-order chi connectivity index (χ1) is 25.2. The van der Waals surface area contributed by atoms with Gasteiger partial charge in [-0.25, -0.2) is 0 Å². The number of nitrogens with zero attached hydrogens (tertiary/aromatic N) is 2. The van der Waals surface area contributed by atoms with E-state index in [9.17, 15) is 14.4 Å². The summed E-state index contributed by atoms with van der Waals surface area (Å²) in [7, 11) is 4.03. The van der Waals surface area contributed by atoms with Crippen LogP contribution in [0, 0.1) is 0 Å². The lowest BCUT2D eigenvalue weighted by Gasteiger charge is -2.35. The number of carboxylic acids is 1. The van der Waals surface area contributed by atoms with Crippen molar-refractivity contribution in [3.05, 3.63) is 174 Å². The summed E-state index contributed by atoms with van der Waals surface area (Å²) in [6.07, 6.45) is 6.96. The first-order valence-electron chi connectivity index (χ1n) is 16.6. The molecular weight excluding hydrogens is 654 g/mol. The number of nitrogens with one attached hydrogen (secondary N) is 1. The molecule has 0 radical (unpaired) electrons. The first kappa shape index (κ1) is 40.0. The van der Waals surface area contributed by atoms with Crippen molar-refractivity contribution < 1.29 is 24.3 Å². The molecule has 6 aromatic rings.